The zero-order chi connectivity index (χ0) is 25.6. The first kappa shape index (κ1) is 23.7. The third kappa shape index (κ3) is 4.05. The largest absolute Gasteiger partial charge is 0.477 e. The molecule has 5 heterocycles. The fraction of sp³-hybridized carbons (Fsp3) is 0.368. The van der Waals surface area contributed by atoms with Crippen LogP contribution in [0.1, 0.15) is 12.2 Å². The number of fused-ring (bicyclic) bond motifs is 2. The van der Waals surface area contributed by atoms with E-state index >= 15 is 0 Å². The molecule has 0 radical (unpaired) electrons. The summed E-state index contributed by atoms with van der Waals surface area (Å²) >= 11 is 2.21. The summed E-state index contributed by atoms with van der Waals surface area (Å²) in [5.74, 6) is -1.74. The van der Waals surface area contributed by atoms with E-state index in [1.807, 2.05) is 4.68 Å². The normalized spacial score (nSPS) is 21.4. The Hall–Kier alpha value is -3.99. The number of carboxylic acids is 1. The second-order valence-corrected chi connectivity index (χ2v) is 9.81. The first-order valence-electron chi connectivity index (χ1n) is 10.6. The highest BCUT2D eigenvalue weighted by atomic mass is 32.2. The van der Waals surface area contributed by atoms with Gasteiger partial charge in [-0.3, -0.25) is 19.3 Å². The Balaban J connectivity index is 1.35. The fourth-order valence-corrected chi connectivity index (χ4v) is 5.95. The Bertz CT molecular complexity index is 1350. The second-order valence-electron chi connectivity index (χ2n) is 7.92. The van der Waals surface area contributed by atoms with Crippen LogP contribution in [0.3, 0.4) is 0 Å². The maximum absolute atomic E-state index is 13.0. The molecule has 0 saturated carbocycles. The van der Waals surface area contributed by atoms with Crippen LogP contribution in [-0.4, -0.2) is 77.7 Å². The molecule has 0 unspecified atom stereocenters. The number of amides is 3. The van der Waals surface area contributed by atoms with E-state index < -0.39 is 29.2 Å². The molecule has 2 aromatic heterocycles. The molecule has 36 heavy (non-hydrogen) atoms. The summed E-state index contributed by atoms with van der Waals surface area (Å²) in [5, 5.41) is 18.5. The van der Waals surface area contributed by atoms with Gasteiger partial charge in [-0.15, -0.1) is 21.1 Å². The van der Waals surface area contributed by atoms with Gasteiger partial charge in [0, 0.05) is 22.9 Å². The molecule has 0 bridgehead atoms. The van der Waals surface area contributed by atoms with Crippen LogP contribution in [-0.2, 0) is 37.1 Å². The second kappa shape index (κ2) is 9.23. The highest BCUT2D eigenvalue weighted by Crippen LogP contribution is 2.40. The summed E-state index contributed by atoms with van der Waals surface area (Å²) in [6, 6.07) is 0.765. The van der Waals surface area contributed by atoms with Gasteiger partial charge in [0.25, 0.3) is 11.8 Å². The molecular weight excluding hydrogens is 514 g/mol. The van der Waals surface area contributed by atoms with E-state index in [2.05, 4.69) is 25.1 Å². The molecular formula is C19H20N9O6S2+. The molecule has 15 nitrogen and oxygen atoms in total. The van der Waals surface area contributed by atoms with Crippen molar-refractivity contribution in [2.75, 3.05) is 23.9 Å². The molecule has 3 aliphatic rings. The van der Waals surface area contributed by atoms with Crippen LogP contribution in [0.4, 0.5) is 10.9 Å². The predicted octanol–water partition coefficient (Wildman–Crippen LogP) is -1.66. The van der Waals surface area contributed by atoms with Crippen molar-refractivity contribution in [3.8, 4) is 0 Å². The third-order valence-electron chi connectivity index (χ3n) is 5.75. The highest BCUT2D eigenvalue weighted by molar-refractivity contribution is 8.00. The minimum Gasteiger partial charge on any atom is -0.477 e. The number of hydrogen-bond acceptors (Lipinski definition) is 11. The maximum Gasteiger partial charge on any atom is 0.352 e. The topological polar surface area (TPSA) is 198 Å². The lowest BCUT2D eigenvalue weighted by Gasteiger charge is -2.49. The van der Waals surface area contributed by atoms with Crippen LogP contribution in [0, 0.1) is 0 Å². The van der Waals surface area contributed by atoms with Crippen LogP contribution < -0.4 is 21.0 Å². The molecule has 3 aliphatic heterocycles. The summed E-state index contributed by atoms with van der Waals surface area (Å²) in [6.45, 7) is 0.681. The Morgan fingerprint density at radius 2 is 2.25 bits per heavy atom. The van der Waals surface area contributed by atoms with Crippen molar-refractivity contribution in [1.82, 2.24) is 24.3 Å². The molecule has 2 aromatic rings. The number of anilines is 2. The number of nitrogen functional groups attached to an aromatic ring is 1. The lowest BCUT2D eigenvalue weighted by molar-refractivity contribution is -0.767. The summed E-state index contributed by atoms with van der Waals surface area (Å²) in [5.41, 5.74) is 5.75. The van der Waals surface area contributed by atoms with Gasteiger partial charge in [0.15, 0.2) is 23.7 Å². The zero-order valence-corrected chi connectivity index (χ0v) is 20.3. The van der Waals surface area contributed by atoms with Crippen molar-refractivity contribution < 1.29 is 33.8 Å². The van der Waals surface area contributed by atoms with Gasteiger partial charge >= 0.3 is 5.97 Å². The van der Waals surface area contributed by atoms with E-state index in [0.29, 0.717) is 30.1 Å². The lowest BCUT2D eigenvalue weighted by atomic mass is 10.0. The SMILES string of the molecule is CON=C(C(=O)N[C@@H]1C(=O)N2C(C(=O)O)=C(C[n+]3ccc4n3CCC(=O)N4)CS[C@H]12)c1nsc(N)n1. The maximum atomic E-state index is 13.0. The smallest absolute Gasteiger partial charge is 0.352 e. The Morgan fingerprint density at radius 3 is 2.94 bits per heavy atom. The molecule has 3 amide bonds. The summed E-state index contributed by atoms with van der Waals surface area (Å²) in [6.07, 6.45) is 2.06. The van der Waals surface area contributed by atoms with E-state index in [9.17, 15) is 24.3 Å². The van der Waals surface area contributed by atoms with Crippen molar-refractivity contribution in [2.45, 2.75) is 30.9 Å². The van der Waals surface area contributed by atoms with E-state index in [1.54, 1.807) is 16.9 Å². The van der Waals surface area contributed by atoms with Gasteiger partial charge in [-0.25, -0.2) is 4.79 Å². The molecule has 2 atom stereocenters. The number of nitrogens with zero attached hydrogens (tertiary/aromatic N) is 6. The number of hydrogen-bond donors (Lipinski definition) is 4. The van der Waals surface area contributed by atoms with Crippen molar-refractivity contribution in [2.24, 2.45) is 5.16 Å². The van der Waals surface area contributed by atoms with Crippen LogP contribution in [0.2, 0.25) is 0 Å². The minimum atomic E-state index is -1.24. The molecule has 188 valence electrons. The number of nitrogens with one attached hydrogen (secondary N) is 2. The number of aliphatic carboxylic acids is 1. The number of carbonyl (C=O) groups is 4. The van der Waals surface area contributed by atoms with Crippen molar-refractivity contribution in [1.29, 1.82) is 0 Å². The summed E-state index contributed by atoms with van der Waals surface area (Å²) in [7, 11) is 1.25. The predicted molar refractivity (Wildman–Crippen MR) is 125 cm³/mol. The molecule has 1 fully saturated rings. The van der Waals surface area contributed by atoms with Crippen LogP contribution in [0.15, 0.2) is 28.7 Å². The van der Waals surface area contributed by atoms with E-state index in [-0.39, 0.29) is 34.8 Å². The Labute approximate surface area is 211 Å². The Kier molecular flexibility index (Phi) is 6.09. The number of aromatic nitrogens is 4. The first-order chi connectivity index (χ1) is 17.3. The van der Waals surface area contributed by atoms with Gasteiger partial charge in [-0.2, -0.15) is 9.36 Å². The van der Waals surface area contributed by atoms with Crippen molar-refractivity contribution >= 4 is 63.6 Å². The standard InChI is InChI=1S/C19H19N9O6S2/c1-34-24-11(14-23-19(20)36-25-14)15(30)22-12-16(31)28-13(18(32)33)8(7-35-17(12)28)6-26-4-2-9-21-10(29)3-5-27(9)26/h2,4,12,17H,3,5-7H2,1H3,(H4,20,22,23,25,30,32,33)/p+1/t12-,17-/m1/s1. The van der Waals surface area contributed by atoms with E-state index in [1.165, 1.54) is 23.8 Å². The van der Waals surface area contributed by atoms with Gasteiger partial charge in [0.05, 0.1) is 19.0 Å². The monoisotopic (exact) mass is 534 g/mol. The number of carbonyl (C=O) groups excluding carboxylic acids is 3. The first-order valence-corrected chi connectivity index (χ1v) is 12.4. The molecule has 0 aliphatic carbocycles. The average molecular weight is 535 g/mol. The fourth-order valence-electron chi connectivity index (χ4n) is 4.18. The van der Waals surface area contributed by atoms with Crippen LogP contribution in [0.5, 0.6) is 0 Å². The molecule has 0 spiro atoms. The van der Waals surface area contributed by atoms with Gasteiger partial charge < -0.3 is 26.3 Å². The average Bonchev–Trinajstić information content (AvgIpc) is 3.45. The van der Waals surface area contributed by atoms with Gasteiger partial charge in [-0.05, 0) is 0 Å². The quantitative estimate of drug-likeness (QED) is 0.138. The minimum absolute atomic E-state index is 0.0473. The van der Waals surface area contributed by atoms with Gasteiger partial charge in [0.1, 0.15) is 24.2 Å². The molecule has 5 rings (SSSR count). The van der Waals surface area contributed by atoms with Crippen LogP contribution in [0.25, 0.3) is 0 Å². The number of rotatable bonds is 7. The summed E-state index contributed by atoms with van der Waals surface area (Å²) in [4.78, 5) is 59.5. The van der Waals surface area contributed by atoms with Crippen LogP contribution >= 0.6 is 23.3 Å². The zero-order valence-electron chi connectivity index (χ0n) is 18.7. The van der Waals surface area contributed by atoms with Gasteiger partial charge in [0.2, 0.25) is 17.4 Å². The number of nitrogens with two attached hydrogens (primary N) is 1. The van der Waals surface area contributed by atoms with Crippen molar-refractivity contribution in [3.63, 3.8) is 0 Å². The lowest BCUT2D eigenvalue weighted by Crippen LogP contribution is -2.71. The molecule has 17 heteroatoms. The highest BCUT2D eigenvalue weighted by Gasteiger charge is 2.55. The number of β-lactam (4-membered cyclic amide) rings is 1. The molecule has 1 saturated heterocycles. The number of thioether (sulfide) groups is 1. The molecule has 5 N–H and O–H groups in total. The number of carboxylic acid groups (broad SMARTS) is 1. The Morgan fingerprint density at radius 1 is 1.44 bits per heavy atom. The number of oxime groups is 1. The molecule has 0 aromatic carbocycles. The van der Waals surface area contributed by atoms with Crippen molar-refractivity contribution in [3.05, 3.63) is 29.4 Å². The van der Waals surface area contributed by atoms with Gasteiger partial charge in [-0.1, -0.05) is 5.16 Å². The summed E-state index contributed by atoms with van der Waals surface area (Å²) < 4.78 is 7.60. The third-order valence-corrected chi connectivity index (χ3v) is 7.63. The van der Waals surface area contributed by atoms with E-state index in [0.717, 1.165) is 11.5 Å². The van der Waals surface area contributed by atoms with E-state index in [4.69, 9.17) is 10.6 Å².